The highest BCUT2D eigenvalue weighted by molar-refractivity contribution is 6.25. The van der Waals surface area contributed by atoms with Gasteiger partial charge in [0.05, 0.1) is 0 Å². The molecule has 0 saturated carbocycles. The molecule has 0 aromatic heterocycles. The van der Waals surface area contributed by atoms with Crippen molar-refractivity contribution in [3.05, 3.63) is 11.6 Å². The zero-order valence-electron chi connectivity index (χ0n) is 6.88. The number of carbonyl (C=O) groups excluding carboxylic acids is 1. The number of hydrogen-bond donors (Lipinski definition) is 1. The Kier molecular flexibility index (Phi) is 4.95. The molecule has 0 radical (unpaired) electrons. The predicted molar refractivity (Wildman–Crippen MR) is 47.1 cm³/mol. The summed E-state index contributed by atoms with van der Waals surface area (Å²) in [5.41, 5.74) is 6.58. The van der Waals surface area contributed by atoms with E-state index in [0.29, 0.717) is 6.42 Å². The number of carbonyl (C=O) groups is 1. The zero-order valence-corrected chi connectivity index (χ0v) is 7.64. The van der Waals surface area contributed by atoms with Crippen molar-refractivity contribution in [1.29, 1.82) is 0 Å². The fraction of sp³-hybridized carbons (Fsp3) is 0.625. The molecule has 0 fully saturated rings. The standard InChI is InChI=1S/C8H14ClNO/c1-6(2)7(8(10)11)4-3-5-9/h3,5-7H,4H2,1-2H3,(H2,10,11). The van der Waals surface area contributed by atoms with E-state index in [0.717, 1.165) is 0 Å². The van der Waals surface area contributed by atoms with Crippen LogP contribution in [-0.4, -0.2) is 5.91 Å². The summed E-state index contributed by atoms with van der Waals surface area (Å²) < 4.78 is 0. The maximum absolute atomic E-state index is 10.8. The average molecular weight is 176 g/mol. The van der Waals surface area contributed by atoms with E-state index >= 15 is 0 Å². The van der Waals surface area contributed by atoms with Crippen molar-refractivity contribution in [2.24, 2.45) is 17.6 Å². The number of rotatable bonds is 4. The van der Waals surface area contributed by atoms with Crippen LogP contribution >= 0.6 is 11.6 Å². The molecule has 11 heavy (non-hydrogen) atoms. The monoisotopic (exact) mass is 175 g/mol. The van der Waals surface area contributed by atoms with Crippen LogP contribution in [0.3, 0.4) is 0 Å². The molecule has 0 saturated heterocycles. The van der Waals surface area contributed by atoms with E-state index < -0.39 is 0 Å². The van der Waals surface area contributed by atoms with Crippen LogP contribution in [-0.2, 0) is 4.79 Å². The quantitative estimate of drug-likeness (QED) is 0.697. The first-order valence-corrected chi connectivity index (χ1v) is 4.07. The Hall–Kier alpha value is -0.500. The Bertz CT molecular complexity index is 154. The molecular weight excluding hydrogens is 162 g/mol. The molecule has 0 bridgehead atoms. The lowest BCUT2D eigenvalue weighted by Gasteiger charge is -2.14. The number of allylic oxidation sites excluding steroid dienone is 1. The third-order valence-corrected chi connectivity index (χ3v) is 1.83. The number of nitrogens with two attached hydrogens (primary N) is 1. The molecule has 0 heterocycles. The number of primary amides is 1. The molecule has 2 nitrogen and oxygen atoms in total. The first-order valence-electron chi connectivity index (χ1n) is 3.64. The summed E-state index contributed by atoms with van der Waals surface area (Å²) in [7, 11) is 0. The van der Waals surface area contributed by atoms with E-state index in [2.05, 4.69) is 0 Å². The summed E-state index contributed by atoms with van der Waals surface area (Å²) in [6.07, 6.45) is 2.38. The average Bonchev–Trinajstić information content (AvgIpc) is 1.87. The van der Waals surface area contributed by atoms with Gasteiger partial charge in [0.25, 0.3) is 0 Å². The number of halogens is 1. The molecule has 3 heteroatoms. The van der Waals surface area contributed by atoms with Gasteiger partial charge >= 0.3 is 0 Å². The van der Waals surface area contributed by atoms with Crippen molar-refractivity contribution in [3.8, 4) is 0 Å². The van der Waals surface area contributed by atoms with E-state index in [9.17, 15) is 4.79 Å². The molecule has 0 aliphatic heterocycles. The summed E-state index contributed by atoms with van der Waals surface area (Å²) in [5, 5.41) is 0. The molecule has 0 spiro atoms. The van der Waals surface area contributed by atoms with Crippen molar-refractivity contribution in [2.45, 2.75) is 20.3 Å². The second-order valence-electron chi connectivity index (χ2n) is 2.85. The summed E-state index contributed by atoms with van der Waals surface area (Å²) in [4.78, 5) is 10.8. The van der Waals surface area contributed by atoms with E-state index in [-0.39, 0.29) is 17.7 Å². The van der Waals surface area contributed by atoms with Gasteiger partial charge in [0, 0.05) is 11.5 Å². The van der Waals surface area contributed by atoms with Crippen LogP contribution in [0.5, 0.6) is 0 Å². The van der Waals surface area contributed by atoms with Crippen molar-refractivity contribution in [1.82, 2.24) is 0 Å². The molecule has 0 aromatic rings. The van der Waals surface area contributed by atoms with Crippen LogP contribution in [0.15, 0.2) is 11.6 Å². The van der Waals surface area contributed by atoms with Gasteiger partial charge in [0.1, 0.15) is 0 Å². The van der Waals surface area contributed by atoms with E-state index in [1.807, 2.05) is 13.8 Å². The van der Waals surface area contributed by atoms with Crippen molar-refractivity contribution < 1.29 is 4.79 Å². The van der Waals surface area contributed by atoms with Crippen molar-refractivity contribution in [3.63, 3.8) is 0 Å². The molecule has 0 rings (SSSR count). The molecule has 2 N–H and O–H groups in total. The Balaban J connectivity index is 4.00. The van der Waals surface area contributed by atoms with Gasteiger partial charge in [-0.05, 0) is 12.3 Å². The van der Waals surface area contributed by atoms with Crippen LogP contribution in [0.4, 0.5) is 0 Å². The predicted octanol–water partition coefficient (Wildman–Crippen LogP) is 1.89. The highest BCUT2D eigenvalue weighted by Crippen LogP contribution is 2.14. The fourth-order valence-electron chi connectivity index (χ4n) is 0.915. The zero-order chi connectivity index (χ0) is 8.85. The normalized spacial score (nSPS) is 14.2. The molecule has 0 aliphatic carbocycles. The largest absolute Gasteiger partial charge is 0.369 e. The number of amides is 1. The van der Waals surface area contributed by atoms with Gasteiger partial charge in [-0.2, -0.15) is 0 Å². The smallest absolute Gasteiger partial charge is 0.221 e. The van der Waals surface area contributed by atoms with Gasteiger partial charge in [-0.25, -0.2) is 0 Å². The third-order valence-electron chi connectivity index (χ3n) is 1.65. The van der Waals surface area contributed by atoms with Crippen LogP contribution in [0, 0.1) is 11.8 Å². The Morgan fingerprint density at radius 3 is 2.45 bits per heavy atom. The van der Waals surface area contributed by atoms with Crippen LogP contribution in [0.2, 0.25) is 0 Å². The first kappa shape index (κ1) is 10.5. The molecule has 0 aromatic carbocycles. The maximum Gasteiger partial charge on any atom is 0.221 e. The van der Waals surface area contributed by atoms with Crippen LogP contribution in [0.25, 0.3) is 0 Å². The SMILES string of the molecule is CC(C)C(CC=CCl)C(N)=O. The minimum absolute atomic E-state index is 0.0926. The summed E-state index contributed by atoms with van der Waals surface area (Å²) in [6.45, 7) is 3.94. The minimum atomic E-state index is -0.255. The van der Waals surface area contributed by atoms with Gasteiger partial charge in [0.15, 0.2) is 0 Å². The van der Waals surface area contributed by atoms with Crippen LogP contribution < -0.4 is 5.73 Å². The van der Waals surface area contributed by atoms with Crippen LogP contribution in [0.1, 0.15) is 20.3 Å². The third kappa shape index (κ3) is 4.04. The summed E-state index contributed by atoms with van der Waals surface area (Å²) >= 11 is 5.32. The second kappa shape index (κ2) is 5.19. The van der Waals surface area contributed by atoms with Gasteiger partial charge in [-0.3, -0.25) is 4.79 Å². The maximum atomic E-state index is 10.8. The Morgan fingerprint density at radius 2 is 2.18 bits per heavy atom. The Morgan fingerprint density at radius 1 is 1.64 bits per heavy atom. The first-order chi connectivity index (χ1) is 5.09. The highest BCUT2D eigenvalue weighted by atomic mass is 35.5. The molecule has 1 unspecified atom stereocenters. The lowest BCUT2D eigenvalue weighted by atomic mass is 9.92. The topological polar surface area (TPSA) is 43.1 Å². The van der Waals surface area contributed by atoms with E-state index in [4.69, 9.17) is 17.3 Å². The fourth-order valence-corrected chi connectivity index (χ4v) is 1.02. The van der Waals surface area contributed by atoms with Gasteiger partial charge < -0.3 is 5.73 Å². The van der Waals surface area contributed by atoms with Crippen molar-refractivity contribution >= 4 is 17.5 Å². The highest BCUT2D eigenvalue weighted by Gasteiger charge is 2.17. The molecule has 0 aliphatic rings. The minimum Gasteiger partial charge on any atom is -0.369 e. The lowest BCUT2D eigenvalue weighted by molar-refractivity contribution is -0.122. The molecule has 1 atom stereocenters. The van der Waals surface area contributed by atoms with Gasteiger partial charge in [-0.15, -0.1) is 0 Å². The number of hydrogen-bond acceptors (Lipinski definition) is 1. The van der Waals surface area contributed by atoms with Gasteiger partial charge in [0.2, 0.25) is 5.91 Å². The Labute approximate surface area is 72.4 Å². The summed E-state index contributed by atoms with van der Waals surface area (Å²) in [6, 6.07) is 0. The van der Waals surface area contributed by atoms with Crippen molar-refractivity contribution in [2.75, 3.05) is 0 Å². The molecule has 64 valence electrons. The molecular formula is C8H14ClNO. The van der Waals surface area contributed by atoms with E-state index in [1.165, 1.54) is 5.54 Å². The van der Waals surface area contributed by atoms with E-state index in [1.54, 1.807) is 6.08 Å². The second-order valence-corrected chi connectivity index (χ2v) is 3.10. The molecule has 1 amide bonds. The summed E-state index contributed by atoms with van der Waals surface area (Å²) in [5.74, 6) is -0.0693. The lowest BCUT2D eigenvalue weighted by Crippen LogP contribution is -2.26. The van der Waals surface area contributed by atoms with Gasteiger partial charge in [-0.1, -0.05) is 31.5 Å².